The van der Waals surface area contributed by atoms with Crippen LogP contribution in [-0.4, -0.2) is 37.6 Å². The second-order valence-electron chi connectivity index (χ2n) is 5.46. The summed E-state index contributed by atoms with van der Waals surface area (Å²) in [6.45, 7) is 2.11. The number of nitrogens with one attached hydrogen (secondary N) is 1. The first kappa shape index (κ1) is 15.8. The normalized spacial score (nSPS) is 19.2. The van der Waals surface area contributed by atoms with Gasteiger partial charge in [-0.15, -0.1) is 11.3 Å². The Morgan fingerprint density at radius 3 is 2.65 bits per heavy atom. The Kier molecular flexibility index (Phi) is 4.83. The van der Waals surface area contributed by atoms with Gasteiger partial charge in [-0.3, -0.25) is 9.69 Å². The Balaban J connectivity index is 1.53. The fraction of sp³-hybridized carbons (Fsp3) is 0.353. The van der Waals surface area contributed by atoms with Gasteiger partial charge < -0.3 is 14.8 Å². The second kappa shape index (κ2) is 7.02. The summed E-state index contributed by atoms with van der Waals surface area (Å²) < 4.78 is 10.6. The van der Waals surface area contributed by atoms with E-state index in [0.717, 1.165) is 23.6 Å². The van der Waals surface area contributed by atoms with Gasteiger partial charge in [0.25, 0.3) is 0 Å². The molecule has 1 aliphatic rings. The second-order valence-corrected chi connectivity index (χ2v) is 6.50. The molecule has 2 unspecified atom stereocenters. The highest BCUT2D eigenvalue weighted by atomic mass is 32.1. The van der Waals surface area contributed by atoms with E-state index < -0.39 is 0 Å². The molecule has 2 aromatic rings. The van der Waals surface area contributed by atoms with Gasteiger partial charge in [-0.05, 0) is 29.1 Å². The number of benzene rings is 1. The molecule has 0 bridgehead atoms. The van der Waals surface area contributed by atoms with E-state index in [1.165, 1.54) is 4.88 Å². The molecular weight excluding hydrogens is 312 g/mol. The SMILES string of the molecule is COc1cc(CN2CC2C(=O)NCc2cccs2)cc(OC)c1. The zero-order valence-corrected chi connectivity index (χ0v) is 14.1. The number of carbonyl (C=O) groups excluding carboxylic acids is 1. The van der Waals surface area contributed by atoms with Gasteiger partial charge >= 0.3 is 0 Å². The van der Waals surface area contributed by atoms with E-state index >= 15 is 0 Å². The molecule has 122 valence electrons. The van der Waals surface area contributed by atoms with Gasteiger partial charge in [-0.2, -0.15) is 0 Å². The maximum Gasteiger partial charge on any atom is 0.238 e. The van der Waals surface area contributed by atoms with Crippen LogP contribution in [0.1, 0.15) is 10.4 Å². The third-order valence-electron chi connectivity index (χ3n) is 3.83. The van der Waals surface area contributed by atoms with Crippen LogP contribution in [0.4, 0.5) is 0 Å². The average Bonchev–Trinajstić information content (AvgIpc) is 3.13. The summed E-state index contributed by atoms with van der Waals surface area (Å²) in [6.07, 6.45) is 0. The summed E-state index contributed by atoms with van der Waals surface area (Å²) in [7, 11) is 3.27. The zero-order chi connectivity index (χ0) is 16.2. The van der Waals surface area contributed by atoms with Crippen LogP contribution < -0.4 is 14.8 Å². The molecule has 1 N–H and O–H groups in total. The van der Waals surface area contributed by atoms with Crippen LogP contribution in [0.2, 0.25) is 0 Å². The van der Waals surface area contributed by atoms with Crippen LogP contribution in [-0.2, 0) is 17.9 Å². The Labute approximate surface area is 139 Å². The van der Waals surface area contributed by atoms with Gasteiger partial charge in [0.05, 0.1) is 20.8 Å². The van der Waals surface area contributed by atoms with Gasteiger partial charge in [0.1, 0.15) is 17.5 Å². The number of amides is 1. The topological polar surface area (TPSA) is 50.6 Å². The van der Waals surface area contributed by atoms with E-state index in [0.29, 0.717) is 13.1 Å². The van der Waals surface area contributed by atoms with Crippen molar-refractivity contribution in [3.05, 3.63) is 46.2 Å². The summed E-state index contributed by atoms with van der Waals surface area (Å²) in [5, 5.41) is 5.00. The van der Waals surface area contributed by atoms with Gasteiger partial charge in [-0.25, -0.2) is 0 Å². The van der Waals surface area contributed by atoms with Crippen LogP contribution in [0.15, 0.2) is 35.7 Å². The third-order valence-corrected chi connectivity index (χ3v) is 4.71. The lowest BCUT2D eigenvalue weighted by molar-refractivity contribution is -0.121. The standard InChI is InChI=1S/C17H20N2O3S/c1-21-13-6-12(7-14(8-13)22-2)10-19-11-16(19)17(20)18-9-15-4-3-5-23-15/h3-8,16H,9-11H2,1-2H3,(H,18,20). The Hall–Kier alpha value is -2.05. The lowest BCUT2D eigenvalue weighted by Gasteiger charge is -2.09. The highest BCUT2D eigenvalue weighted by Gasteiger charge is 2.40. The van der Waals surface area contributed by atoms with Gasteiger partial charge in [0.2, 0.25) is 5.91 Å². The summed E-state index contributed by atoms with van der Waals surface area (Å²) in [6, 6.07) is 9.77. The smallest absolute Gasteiger partial charge is 0.238 e. The molecule has 1 fully saturated rings. The first-order valence-corrected chi connectivity index (χ1v) is 8.33. The van der Waals surface area contributed by atoms with Crippen molar-refractivity contribution in [2.24, 2.45) is 0 Å². The number of rotatable bonds is 7. The number of ether oxygens (including phenoxy) is 2. The van der Waals surface area contributed by atoms with Crippen molar-refractivity contribution < 1.29 is 14.3 Å². The number of thiophene rings is 1. The van der Waals surface area contributed by atoms with Crippen LogP contribution in [0.25, 0.3) is 0 Å². The number of carbonyl (C=O) groups is 1. The molecule has 1 saturated heterocycles. The monoisotopic (exact) mass is 332 g/mol. The lowest BCUT2D eigenvalue weighted by Crippen LogP contribution is -2.29. The van der Waals surface area contributed by atoms with Crippen molar-refractivity contribution in [2.75, 3.05) is 20.8 Å². The molecule has 5 nitrogen and oxygen atoms in total. The van der Waals surface area contributed by atoms with Gasteiger partial charge in [0.15, 0.2) is 0 Å². The number of hydrogen-bond donors (Lipinski definition) is 1. The zero-order valence-electron chi connectivity index (χ0n) is 13.2. The van der Waals surface area contributed by atoms with Crippen molar-refractivity contribution in [3.8, 4) is 11.5 Å². The van der Waals surface area contributed by atoms with E-state index in [2.05, 4.69) is 10.2 Å². The minimum Gasteiger partial charge on any atom is -0.497 e. The maximum absolute atomic E-state index is 12.1. The van der Waals surface area contributed by atoms with Crippen LogP contribution in [0.3, 0.4) is 0 Å². The quantitative estimate of drug-likeness (QED) is 0.790. The molecule has 0 spiro atoms. The molecule has 2 heterocycles. The fourth-order valence-corrected chi connectivity index (χ4v) is 3.14. The van der Waals surface area contributed by atoms with E-state index in [-0.39, 0.29) is 11.9 Å². The summed E-state index contributed by atoms with van der Waals surface area (Å²) in [5.74, 6) is 1.62. The average molecular weight is 332 g/mol. The number of nitrogens with zero attached hydrogens (tertiary/aromatic N) is 1. The fourth-order valence-electron chi connectivity index (χ4n) is 2.50. The molecule has 1 aliphatic heterocycles. The Bertz CT molecular complexity index is 650. The minimum absolute atomic E-state index is 0.0350. The van der Waals surface area contributed by atoms with Crippen molar-refractivity contribution in [1.29, 1.82) is 0 Å². The van der Waals surface area contributed by atoms with Gasteiger partial charge in [-0.1, -0.05) is 6.07 Å². The molecule has 0 saturated carbocycles. The van der Waals surface area contributed by atoms with Crippen molar-refractivity contribution in [2.45, 2.75) is 19.1 Å². The molecule has 0 aliphatic carbocycles. The van der Waals surface area contributed by atoms with E-state index in [1.807, 2.05) is 35.7 Å². The summed E-state index contributed by atoms with van der Waals surface area (Å²) in [5.41, 5.74) is 1.08. The van der Waals surface area contributed by atoms with E-state index in [4.69, 9.17) is 9.47 Å². The first-order valence-electron chi connectivity index (χ1n) is 7.45. The van der Waals surface area contributed by atoms with Crippen molar-refractivity contribution in [1.82, 2.24) is 10.2 Å². The van der Waals surface area contributed by atoms with Crippen LogP contribution >= 0.6 is 11.3 Å². The lowest BCUT2D eigenvalue weighted by atomic mass is 10.2. The summed E-state index contributed by atoms with van der Waals surface area (Å²) in [4.78, 5) is 15.4. The predicted molar refractivity (Wildman–Crippen MR) is 89.9 cm³/mol. The highest BCUT2D eigenvalue weighted by Crippen LogP contribution is 2.27. The first-order chi connectivity index (χ1) is 11.2. The molecule has 6 heteroatoms. The molecule has 1 amide bonds. The Morgan fingerprint density at radius 2 is 2.04 bits per heavy atom. The molecule has 23 heavy (non-hydrogen) atoms. The minimum atomic E-state index is -0.0350. The molecule has 1 aromatic carbocycles. The largest absolute Gasteiger partial charge is 0.497 e. The predicted octanol–water partition coefficient (Wildman–Crippen LogP) is 2.27. The van der Waals surface area contributed by atoms with E-state index in [9.17, 15) is 4.79 Å². The van der Waals surface area contributed by atoms with Gasteiger partial charge in [0, 0.05) is 24.0 Å². The maximum atomic E-state index is 12.1. The third kappa shape index (κ3) is 4.03. The van der Waals surface area contributed by atoms with Crippen molar-refractivity contribution in [3.63, 3.8) is 0 Å². The molecule has 1 aromatic heterocycles. The molecule has 2 atom stereocenters. The van der Waals surface area contributed by atoms with Crippen LogP contribution in [0, 0.1) is 0 Å². The number of hydrogen-bond acceptors (Lipinski definition) is 5. The summed E-state index contributed by atoms with van der Waals surface area (Å²) >= 11 is 1.65. The highest BCUT2D eigenvalue weighted by molar-refractivity contribution is 7.09. The molecule has 0 radical (unpaired) electrons. The number of methoxy groups -OCH3 is 2. The van der Waals surface area contributed by atoms with Crippen molar-refractivity contribution >= 4 is 17.2 Å². The molecular formula is C17H20N2O3S. The van der Waals surface area contributed by atoms with Crippen LogP contribution in [0.5, 0.6) is 11.5 Å². The molecule has 3 rings (SSSR count). The Morgan fingerprint density at radius 1 is 1.30 bits per heavy atom. The van der Waals surface area contributed by atoms with E-state index in [1.54, 1.807) is 25.6 Å².